The number of hydrogen-bond acceptors (Lipinski definition) is 3. The standard InChI is InChI=1S/C17H18O.C2H6O2/c1-4-18-16-13-9-8-12-15(16)17(2,3)14-10-6-5-7-11-14;3-1-2-4/h4-13H,1H2,2-3H3;3-4H,1-2H2. The van der Waals surface area contributed by atoms with Gasteiger partial charge in [-0.25, -0.2) is 0 Å². The maximum atomic E-state index is 7.62. The van der Waals surface area contributed by atoms with Crippen molar-refractivity contribution in [3.63, 3.8) is 0 Å². The van der Waals surface area contributed by atoms with Gasteiger partial charge in [0.1, 0.15) is 5.75 Å². The van der Waals surface area contributed by atoms with E-state index in [2.05, 4.69) is 50.8 Å². The normalized spacial score (nSPS) is 10.4. The third kappa shape index (κ3) is 4.72. The predicted molar refractivity (Wildman–Crippen MR) is 90.0 cm³/mol. The quantitative estimate of drug-likeness (QED) is 0.831. The Morgan fingerprint density at radius 3 is 2.05 bits per heavy atom. The molecule has 0 aliphatic rings. The first-order valence-electron chi connectivity index (χ1n) is 7.22. The molecule has 0 aromatic heterocycles. The van der Waals surface area contributed by atoms with Gasteiger partial charge in [0, 0.05) is 11.0 Å². The Morgan fingerprint density at radius 1 is 0.955 bits per heavy atom. The van der Waals surface area contributed by atoms with Crippen molar-refractivity contribution in [2.45, 2.75) is 19.3 Å². The number of benzene rings is 2. The second-order valence-electron chi connectivity index (χ2n) is 5.22. The predicted octanol–water partition coefficient (Wildman–Crippen LogP) is 3.51. The van der Waals surface area contributed by atoms with Crippen LogP contribution in [0.25, 0.3) is 0 Å². The summed E-state index contributed by atoms with van der Waals surface area (Å²) in [6.45, 7) is 7.78. The molecule has 3 nitrogen and oxygen atoms in total. The van der Waals surface area contributed by atoms with Crippen LogP contribution in [-0.4, -0.2) is 23.4 Å². The molecule has 0 aliphatic carbocycles. The van der Waals surface area contributed by atoms with Crippen LogP contribution >= 0.6 is 0 Å². The smallest absolute Gasteiger partial charge is 0.130 e. The Morgan fingerprint density at radius 2 is 1.50 bits per heavy atom. The van der Waals surface area contributed by atoms with Crippen LogP contribution < -0.4 is 4.74 Å². The molecule has 3 heteroatoms. The molecule has 0 heterocycles. The van der Waals surface area contributed by atoms with Crippen molar-refractivity contribution in [3.05, 3.63) is 78.6 Å². The lowest BCUT2D eigenvalue weighted by Crippen LogP contribution is -2.19. The van der Waals surface area contributed by atoms with Crippen molar-refractivity contribution in [3.8, 4) is 5.75 Å². The van der Waals surface area contributed by atoms with Gasteiger partial charge in [-0.1, -0.05) is 69.0 Å². The molecule has 0 radical (unpaired) electrons. The van der Waals surface area contributed by atoms with Crippen molar-refractivity contribution in [1.82, 2.24) is 0 Å². The molecule has 0 aliphatic heterocycles. The zero-order valence-corrected chi connectivity index (χ0v) is 13.2. The van der Waals surface area contributed by atoms with E-state index in [9.17, 15) is 0 Å². The van der Waals surface area contributed by atoms with Crippen LogP contribution in [-0.2, 0) is 5.41 Å². The molecule has 0 atom stereocenters. The van der Waals surface area contributed by atoms with Gasteiger partial charge in [-0.15, -0.1) is 0 Å². The van der Waals surface area contributed by atoms with Gasteiger partial charge < -0.3 is 14.9 Å². The van der Waals surface area contributed by atoms with Crippen LogP contribution in [0.4, 0.5) is 0 Å². The summed E-state index contributed by atoms with van der Waals surface area (Å²) in [5.74, 6) is 0.862. The first-order chi connectivity index (χ1) is 10.6. The topological polar surface area (TPSA) is 49.7 Å². The molecule has 118 valence electrons. The van der Waals surface area contributed by atoms with Crippen LogP contribution in [0.5, 0.6) is 5.75 Å². The number of para-hydroxylation sites is 1. The van der Waals surface area contributed by atoms with Gasteiger partial charge in [-0.05, 0) is 11.6 Å². The molecule has 0 saturated heterocycles. The lowest BCUT2D eigenvalue weighted by atomic mass is 9.78. The zero-order chi connectivity index (χ0) is 16.4. The van der Waals surface area contributed by atoms with E-state index in [1.54, 1.807) is 0 Å². The van der Waals surface area contributed by atoms with Crippen molar-refractivity contribution >= 4 is 0 Å². The van der Waals surface area contributed by atoms with Crippen LogP contribution in [0.1, 0.15) is 25.0 Å². The number of rotatable bonds is 5. The largest absolute Gasteiger partial charge is 0.465 e. The van der Waals surface area contributed by atoms with Gasteiger partial charge >= 0.3 is 0 Å². The van der Waals surface area contributed by atoms with Gasteiger partial charge in [0.25, 0.3) is 0 Å². The van der Waals surface area contributed by atoms with Gasteiger partial charge in [0.05, 0.1) is 19.5 Å². The zero-order valence-electron chi connectivity index (χ0n) is 13.2. The maximum Gasteiger partial charge on any atom is 0.130 e. The highest BCUT2D eigenvalue weighted by Crippen LogP contribution is 2.36. The summed E-state index contributed by atoms with van der Waals surface area (Å²) in [5, 5.41) is 15.2. The van der Waals surface area contributed by atoms with Crippen molar-refractivity contribution in [1.29, 1.82) is 0 Å². The average molecular weight is 300 g/mol. The van der Waals surface area contributed by atoms with E-state index in [1.807, 2.05) is 24.3 Å². The molecule has 2 aromatic carbocycles. The lowest BCUT2D eigenvalue weighted by Gasteiger charge is -2.27. The minimum absolute atomic E-state index is 0.0964. The summed E-state index contributed by atoms with van der Waals surface area (Å²) in [7, 11) is 0. The van der Waals surface area contributed by atoms with Crippen LogP contribution in [0.15, 0.2) is 67.4 Å². The van der Waals surface area contributed by atoms with E-state index in [1.165, 1.54) is 11.8 Å². The molecular formula is C19H24O3. The fourth-order valence-corrected chi connectivity index (χ4v) is 2.19. The second kappa shape index (κ2) is 9.03. The summed E-state index contributed by atoms with van der Waals surface area (Å²) in [5.41, 5.74) is 2.34. The van der Waals surface area contributed by atoms with Gasteiger partial charge in [-0.3, -0.25) is 0 Å². The lowest BCUT2D eigenvalue weighted by molar-refractivity contribution is 0.186. The van der Waals surface area contributed by atoms with E-state index in [4.69, 9.17) is 14.9 Å². The monoisotopic (exact) mass is 300 g/mol. The second-order valence-corrected chi connectivity index (χ2v) is 5.22. The van der Waals surface area contributed by atoms with E-state index in [0.717, 1.165) is 11.3 Å². The van der Waals surface area contributed by atoms with E-state index >= 15 is 0 Å². The Kier molecular flexibility index (Phi) is 7.37. The Hall–Kier alpha value is -2.10. The Bertz CT molecular complexity index is 560. The van der Waals surface area contributed by atoms with Crippen molar-refractivity contribution in [2.75, 3.05) is 13.2 Å². The van der Waals surface area contributed by atoms with Crippen LogP contribution in [0.3, 0.4) is 0 Å². The summed E-state index contributed by atoms with van der Waals surface area (Å²) in [6, 6.07) is 18.5. The summed E-state index contributed by atoms with van der Waals surface area (Å²) in [4.78, 5) is 0. The first kappa shape index (κ1) is 18.0. The molecule has 2 rings (SSSR count). The number of hydrogen-bond donors (Lipinski definition) is 2. The molecular weight excluding hydrogens is 276 g/mol. The van der Waals surface area contributed by atoms with Crippen molar-refractivity contribution < 1.29 is 14.9 Å². The van der Waals surface area contributed by atoms with Gasteiger partial charge in [0.15, 0.2) is 0 Å². The molecule has 0 fully saturated rings. The highest BCUT2D eigenvalue weighted by atomic mass is 16.5. The van der Waals surface area contributed by atoms with E-state index in [-0.39, 0.29) is 18.6 Å². The summed E-state index contributed by atoms with van der Waals surface area (Å²) in [6.07, 6.45) is 1.47. The fraction of sp³-hybridized carbons (Fsp3) is 0.263. The van der Waals surface area contributed by atoms with E-state index < -0.39 is 0 Å². The molecule has 0 amide bonds. The van der Waals surface area contributed by atoms with E-state index in [0.29, 0.717) is 0 Å². The fourth-order valence-electron chi connectivity index (χ4n) is 2.19. The van der Waals surface area contributed by atoms with Crippen LogP contribution in [0.2, 0.25) is 0 Å². The highest BCUT2D eigenvalue weighted by Gasteiger charge is 2.25. The summed E-state index contributed by atoms with van der Waals surface area (Å²) >= 11 is 0. The molecule has 2 aromatic rings. The first-order valence-corrected chi connectivity index (χ1v) is 7.22. The average Bonchev–Trinajstić information content (AvgIpc) is 2.56. The highest BCUT2D eigenvalue weighted by molar-refractivity contribution is 5.45. The number of ether oxygens (including phenoxy) is 1. The third-order valence-corrected chi connectivity index (χ3v) is 3.37. The van der Waals surface area contributed by atoms with Crippen LogP contribution in [0, 0.1) is 0 Å². The SMILES string of the molecule is C=COc1ccccc1C(C)(C)c1ccccc1.OCCO. The molecule has 0 saturated carbocycles. The van der Waals surface area contributed by atoms with Gasteiger partial charge in [0.2, 0.25) is 0 Å². The minimum Gasteiger partial charge on any atom is -0.465 e. The summed E-state index contributed by atoms with van der Waals surface area (Å²) < 4.78 is 5.51. The molecule has 2 N–H and O–H groups in total. The molecule has 22 heavy (non-hydrogen) atoms. The molecule has 0 spiro atoms. The van der Waals surface area contributed by atoms with Crippen molar-refractivity contribution in [2.24, 2.45) is 0 Å². The van der Waals surface area contributed by atoms with Gasteiger partial charge in [-0.2, -0.15) is 0 Å². The Labute approximate surface area is 132 Å². The Balaban J connectivity index is 0.000000541. The number of aliphatic hydroxyl groups is 2. The molecule has 0 bridgehead atoms. The number of aliphatic hydroxyl groups excluding tert-OH is 2. The maximum absolute atomic E-state index is 7.62. The third-order valence-electron chi connectivity index (χ3n) is 3.37. The minimum atomic E-state index is -0.125. The molecule has 0 unspecified atom stereocenters.